The van der Waals surface area contributed by atoms with Crippen molar-refractivity contribution in [3.63, 3.8) is 0 Å². The van der Waals surface area contributed by atoms with E-state index in [1.165, 1.54) is 7.11 Å². The molecule has 2 atom stereocenters. The van der Waals surface area contributed by atoms with Crippen molar-refractivity contribution in [2.24, 2.45) is 5.92 Å². The fourth-order valence-corrected chi connectivity index (χ4v) is 5.68. The van der Waals surface area contributed by atoms with Crippen molar-refractivity contribution in [3.8, 4) is 5.75 Å². The van der Waals surface area contributed by atoms with E-state index in [0.29, 0.717) is 25.3 Å². The van der Waals surface area contributed by atoms with E-state index in [1.807, 2.05) is 31.5 Å². The average Bonchev–Trinajstić information content (AvgIpc) is 3.27. The zero-order valence-electron chi connectivity index (χ0n) is 17.2. The first-order valence-electron chi connectivity index (χ1n) is 9.87. The molecule has 8 heteroatoms. The topological polar surface area (TPSA) is 78.5 Å². The molecule has 0 radical (unpaired) electrons. The Kier molecular flexibility index (Phi) is 5.53. The number of hydrogen-bond acceptors (Lipinski definition) is 5. The minimum absolute atomic E-state index is 0.0443. The number of methoxy groups -OCH3 is 1. The van der Waals surface area contributed by atoms with Crippen LogP contribution in [0, 0.1) is 5.92 Å². The molecular weight excluding hydrogens is 400 g/mol. The van der Waals surface area contributed by atoms with Crippen LogP contribution in [0.1, 0.15) is 6.42 Å². The van der Waals surface area contributed by atoms with Gasteiger partial charge in [0.2, 0.25) is 10.0 Å². The number of piperidine rings is 1. The summed E-state index contributed by atoms with van der Waals surface area (Å²) in [7, 11) is -0.0976. The van der Waals surface area contributed by atoms with Gasteiger partial charge in [0, 0.05) is 55.7 Å². The Hall–Kier alpha value is -2.84. The van der Waals surface area contributed by atoms with Crippen LogP contribution in [0.25, 0.3) is 11.0 Å². The lowest BCUT2D eigenvalue weighted by Crippen LogP contribution is -2.52. The Morgan fingerprint density at radius 1 is 1.33 bits per heavy atom. The summed E-state index contributed by atoms with van der Waals surface area (Å²) < 4.78 is 33.5. The summed E-state index contributed by atoms with van der Waals surface area (Å²) in [6.07, 6.45) is 6.27. The number of aromatic nitrogens is 2. The summed E-state index contributed by atoms with van der Waals surface area (Å²) in [4.78, 5) is 9.89. The van der Waals surface area contributed by atoms with Crippen LogP contribution in [-0.4, -0.2) is 56.0 Å². The van der Waals surface area contributed by atoms with E-state index in [9.17, 15) is 8.42 Å². The summed E-state index contributed by atoms with van der Waals surface area (Å²) >= 11 is 0. The van der Waals surface area contributed by atoms with Gasteiger partial charge in [-0.15, -0.1) is 6.58 Å². The van der Waals surface area contributed by atoms with Crippen LogP contribution in [-0.2, 0) is 10.0 Å². The average molecular weight is 427 g/mol. The molecule has 1 fully saturated rings. The van der Waals surface area contributed by atoms with Crippen molar-refractivity contribution in [2.45, 2.75) is 17.4 Å². The number of likely N-dealkylation sites (N-methyl/N-ethyl adjacent to an activating group) is 1. The molecule has 0 amide bonds. The lowest BCUT2D eigenvalue weighted by Gasteiger charge is -2.42. The Labute approximate surface area is 177 Å². The minimum atomic E-state index is -3.63. The van der Waals surface area contributed by atoms with Gasteiger partial charge in [0.25, 0.3) is 0 Å². The molecule has 0 saturated carbocycles. The molecule has 1 saturated heterocycles. The molecular formula is C22H26N4O3S. The Morgan fingerprint density at radius 3 is 2.93 bits per heavy atom. The number of rotatable bonds is 6. The second-order valence-corrected chi connectivity index (χ2v) is 9.42. The summed E-state index contributed by atoms with van der Waals surface area (Å²) in [6.45, 7) is 4.83. The normalized spacial score (nSPS) is 20.2. The van der Waals surface area contributed by atoms with Crippen molar-refractivity contribution in [1.82, 2.24) is 14.3 Å². The molecule has 2 aromatic heterocycles. The third-order valence-electron chi connectivity index (χ3n) is 5.89. The van der Waals surface area contributed by atoms with Gasteiger partial charge in [-0.2, -0.15) is 4.31 Å². The van der Waals surface area contributed by atoms with E-state index in [-0.39, 0.29) is 16.9 Å². The smallest absolute Gasteiger partial charge is 0.243 e. The summed E-state index contributed by atoms with van der Waals surface area (Å²) in [5.41, 5.74) is 1.82. The Bertz CT molecular complexity index is 1160. The predicted molar refractivity (Wildman–Crippen MR) is 118 cm³/mol. The van der Waals surface area contributed by atoms with Crippen molar-refractivity contribution >= 4 is 26.7 Å². The maximum Gasteiger partial charge on any atom is 0.243 e. The molecule has 1 aliphatic heterocycles. The maximum atomic E-state index is 13.3. The highest BCUT2D eigenvalue weighted by Crippen LogP contribution is 2.33. The number of fused-ring (bicyclic) bond motifs is 1. The number of H-pyrrole nitrogens is 1. The van der Waals surface area contributed by atoms with Crippen LogP contribution in [0.15, 0.2) is 66.3 Å². The maximum absolute atomic E-state index is 13.3. The van der Waals surface area contributed by atoms with Gasteiger partial charge in [0.05, 0.1) is 12.0 Å². The van der Waals surface area contributed by atoms with E-state index >= 15 is 0 Å². The van der Waals surface area contributed by atoms with Gasteiger partial charge in [0.1, 0.15) is 11.4 Å². The van der Waals surface area contributed by atoms with Crippen molar-refractivity contribution in [1.29, 1.82) is 0 Å². The lowest BCUT2D eigenvalue weighted by molar-refractivity contribution is 0.266. The zero-order valence-corrected chi connectivity index (χ0v) is 18.0. The van der Waals surface area contributed by atoms with Gasteiger partial charge in [-0.25, -0.2) is 13.4 Å². The standard InChI is InChI=1S/C22H26N4O3S/c1-4-16-10-13-26(30(27,28)18-7-5-6-17(14-18)29-3)15-21(16)25(2)20-9-12-24-22-19(20)8-11-23-22/h4-9,11-12,14,16,21H,1,10,13,15H2,2-3H3,(H,23,24)/t16-,21?/m1/s1. The monoisotopic (exact) mass is 426 g/mol. The van der Waals surface area contributed by atoms with Gasteiger partial charge in [0.15, 0.2) is 0 Å². The molecule has 0 bridgehead atoms. The van der Waals surface area contributed by atoms with Crippen LogP contribution in [0.3, 0.4) is 0 Å². The summed E-state index contributed by atoms with van der Waals surface area (Å²) in [5.74, 6) is 0.700. The van der Waals surface area contributed by atoms with Gasteiger partial charge < -0.3 is 14.6 Å². The molecule has 1 aromatic carbocycles. The molecule has 0 spiro atoms. The number of sulfonamides is 1. The van der Waals surface area contributed by atoms with Gasteiger partial charge in [-0.1, -0.05) is 12.1 Å². The van der Waals surface area contributed by atoms with Crippen LogP contribution in [0.5, 0.6) is 5.75 Å². The molecule has 1 N–H and O–H groups in total. The zero-order chi connectivity index (χ0) is 21.3. The molecule has 7 nitrogen and oxygen atoms in total. The molecule has 30 heavy (non-hydrogen) atoms. The number of anilines is 1. The van der Waals surface area contributed by atoms with Crippen LogP contribution >= 0.6 is 0 Å². The fourth-order valence-electron chi connectivity index (χ4n) is 4.17. The largest absolute Gasteiger partial charge is 0.497 e. The van der Waals surface area contributed by atoms with Crippen LogP contribution in [0.4, 0.5) is 5.69 Å². The molecule has 0 aliphatic carbocycles. The first kappa shape index (κ1) is 20.4. The first-order chi connectivity index (χ1) is 14.5. The Balaban J connectivity index is 1.66. The van der Waals surface area contributed by atoms with E-state index < -0.39 is 10.0 Å². The number of ether oxygens (including phenoxy) is 1. The number of nitrogens with one attached hydrogen (secondary N) is 1. The highest BCUT2D eigenvalue weighted by atomic mass is 32.2. The van der Waals surface area contributed by atoms with E-state index in [1.54, 1.807) is 34.8 Å². The molecule has 3 heterocycles. The Morgan fingerprint density at radius 2 is 2.17 bits per heavy atom. The summed E-state index contributed by atoms with van der Waals surface area (Å²) in [5, 5.41) is 1.01. The van der Waals surface area contributed by atoms with Gasteiger partial charge >= 0.3 is 0 Å². The molecule has 1 unspecified atom stereocenters. The second kappa shape index (κ2) is 8.12. The highest BCUT2D eigenvalue weighted by molar-refractivity contribution is 7.89. The van der Waals surface area contributed by atoms with Crippen molar-refractivity contribution in [3.05, 3.63) is 61.4 Å². The van der Waals surface area contributed by atoms with Gasteiger partial charge in [-0.3, -0.25) is 0 Å². The summed E-state index contributed by atoms with van der Waals surface area (Å²) in [6, 6.07) is 10.5. The molecule has 3 aromatic rings. The fraction of sp³-hybridized carbons (Fsp3) is 0.318. The van der Waals surface area contributed by atoms with Gasteiger partial charge in [-0.05, 0) is 36.6 Å². The second-order valence-electron chi connectivity index (χ2n) is 7.48. The molecule has 4 rings (SSSR count). The number of pyridine rings is 1. The predicted octanol–water partition coefficient (Wildman–Crippen LogP) is 3.27. The van der Waals surface area contributed by atoms with Crippen LogP contribution < -0.4 is 9.64 Å². The molecule has 158 valence electrons. The SMILES string of the molecule is C=C[C@@H]1CCN(S(=O)(=O)c2cccc(OC)c2)CC1N(C)c1ccnc2[nH]ccc12. The van der Waals surface area contributed by atoms with E-state index in [4.69, 9.17) is 4.74 Å². The number of benzene rings is 1. The third-order valence-corrected chi connectivity index (χ3v) is 7.75. The highest BCUT2D eigenvalue weighted by Gasteiger charge is 2.37. The van der Waals surface area contributed by atoms with Crippen molar-refractivity contribution < 1.29 is 13.2 Å². The van der Waals surface area contributed by atoms with Crippen LogP contribution in [0.2, 0.25) is 0 Å². The lowest BCUT2D eigenvalue weighted by atomic mass is 9.91. The number of nitrogens with zero attached hydrogens (tertiary/aromatic N) is 3. The number of aromatic amines is 1. The third kappa shape index (κ3) is 3.57. The minimum Gasteiger partial charge on any atom is -0.497 e. The van der Waals surface area contributed by atoms with Crippen molar-refractivity contribution in [2.75, 3.05) is 32.1 Å². The van der Waals surface area contributed by atoms with E-state index in [2.05, 4.69) is 21.4 Å². The van der Waals surface area contributed by atoms with E-state index in [0.717, 1.165) is 16.7 Å². The first-order valence-corrected chi connectivity index (χ1v) is 11.3. The number of hydrogen-bond donors (Lipinski definition) is 1. The quantitative estimate of drug-likeness (QED) is 0.612. The molecule has 1 aliphatic rings.